The van der Waals surface area contributed by atoms with Crippen molar-refractivity contribution in [3.05, 3.63) is 29.8 Å². The topological polar surface area (TPSA) is 78.4 Å². The molecule has 1 aliphatic carbocycles. The summed E-state index contributed by atoms with van der Waals surface area (Å²) in [6, 6.07) is 1.86. The number of nitrogens with one attached hydrogen (secondary N) is 2. The molecule has 2 amide bonds. The van der Waals surface area contributed by atoms with Crippen LogP contribution in [0.5, 0.6) is 0 Å². The fourth-order valence-electron chi connectivity index (χ4n) is 2.52. The molecule has 0 spiro atoms. The Labute approximate surface area is 120 Å². The molecule has 2 rings (SSSR count). The van der Waals surface area contributed by atoms with Gasteiger partial charge in [-0.1, -0.05) is 6.42 Å². The van der Waals surface area contributed by atoms with Crippen molar-refractivity contribution in [2.45, 2.75) is 31.7 Å². The number of anilines is 1. The SMILES string of the molecule is O=C(Nc1cc(F)cc(F)c1)NC1CCCC(C(=O)O)C1. The number of urea groups is 1. The summed E-state index contributed by atoms with van der Waals surface area (Å²) in [4.78, 5) is 22.7. The fourth-order valence-corrected chi connectivity index (χ4v) is 2.52. The van der Waals surface area contributed by atoms with E-state index in [9.17, 15) is 18.4 Å². The van der Waals surface area contributed by atoms with Crippen molar-refractivity contribution in [2.24, 2.45) is 5.92 Å². The molecule has 2 atom stereocenters. The smallest absolute Gasteiger partial charge is 0.319 e. The lowest BCUT2D eigenvalue weighted by molar-refractivity contribution is -0.143. The van der Waals surface area contributed by atoms with Gasteiger partial charge in [0.25, 0.3) is 0 Å². The Morgan fingerprint density at radius 1 is 1.14 bits per heavy atom. The number of carboxylic acid groups (broad SMARTS) is 1. The van der Waals surface area contributed by atoms with Crippen LogP contribution in [0.3, 0.4) is 0 Å². The summed E-state index contributed by atoms with van der Waals surface area (Å²) in [5, 5.41) is 13.9. The van der Waals surface area contributed by atoms with Crippen LogP contribution < -0.4 is 10.6 Å². The highest BCUT2D eigenvalue weighted by Gasteiger charge is 2.27. The van der Waals surface area contributed by atoms with Crippen LogP contribution in [0.2, 0.25) is 0 Å². The van der Waals surface area contributed by atoms with E-state index in [1.54, 1.807) is 0 Å². The number of halogens is 2. The first-order valence-corrected chi connectivity index (χ1v) is 6.70. The van der Waals surface area contributed by atoms with Gasteiger partial charge in [-0.15, -0.1) is 0 Å². The number of hydrogen-bond donors (Lipinski definition) is 3. The van der Waals surface area contributed by atoms with Crippen molar-refractivity contribution < 1.29 is 23.5 Å². The first kappa shape index (κ1) is 15.2. The van der Waals surface area contributed by atoms with Crippen LogP contribution >= 0.6 is 0 Å². The summed E-state index contributed by atoms with van der Waals surface area (Å²) in [6.45, 7) is 0. The van der Waals surface area contributed by atoms with Crippen LogP contribution in [-0.4, -0.2) is 23.1 Å². The van der Waals surface area contributed by atoms with Gasteiger partial charge in [-0.3, -0.25) is 4.79 Å². The highest BCUT2D eigenvalue weighted by atomic mass is 19.1. The minimum absolute atomic E-state index is 0.00981. The van der Waals surface area contributed by atoms with Gasteiger partial charge in [-0.2, -0.15) is 0 Å². The van der Waals surface area contributed by atoms with E-state index in [-0.39, 0.29) is 11.7 Å². The quantitative estimate of drug-likeness (QED) is 0.803. The number of hydrogen-bond acceptors (Lipinski definition) is 2. The summed E-state index contributed by atoms with van der Waals surface area (Å²) >= 11 is 0. The molecule has 0 radical (unpaired) electrons. The second-order valence-corrected chi connectivity index (χ2v) is 5.16. The van der Waals surface area contributed by atoms with E-state index in [0.717, 1.165) is 18.6 Å². The molecule has 1 fully saturated rings. The van der Waals surface area contributed by atoms with Crippen molar-refractivity contribution in [3.63, 3.8) is 0 Å². The monoisotopic (exact) mass is 298 g/mol. The van der Waals surface area contributed by atoms with Crippen molar-refractivity contribution in [1.29, 1.82) is 0 Å². The Morgan fingerprint density at radius 3 is 2.43 bits per heavy atom. The lowest BCUT2D eigenvalue weighted by Crippen LogP contribution is -2.42. The van der Waals surface area contributed by atoms with Gasteiger partial charge in [0.15, 0.2) is 0 Å². The molecule has 3 N–H and O–H groups in total. The highest BCUT2D eigenvalue weighted by Crippen LogP contribution is 2.24. The lowest BCUT2D eigenvalue weighted by atomic mass is 9.86. The van der Waals surface area contributed by atoms with Gasteiger partial charge in [0.2, 0.25) is 0 Å². The zero-order valence-corrected chi connectivity index (χ0v) is 11.2. The zero-order valence-electron chi connectivity index (χ0n) is 11.2. The van der Waals surface area contributed by atoms with Gasteiger partial charge >= 0.3 is 12.0 Å². The van der Waals surface area contributed by atoms with Crippen LogP contribution in [0.25, 0.3) is 0 Å². The number of carbonyl (C=O) groups is 2. The molecule has 0 saturated heterocycles. The Bertz CT molecular complexity index is 531. The Hall–Kier alpha value is -2.18. The summed E-state index contributed by atoms with van der Waals surface area (Å²) in [7, 11) is 0. The number of amides is 2. The van der Waals surface area contributed by atoms with Gasteiger partial charge in [0.05, 0.1) is 5.92 Å². The van der Waals surface area contributed by atoms with Crippen LogP contribution in [0.1, 0.15) is 25.7 Å². The van der Waals surface area contributed by atoms with Crippen LogP contribution in [0.4, 0.5) is 19.3 Å². The van der Waals surface area contributed by atoms with Crippen molar-refractivity contribution in [3.8, 4) is 0 Å². The molecule has 0 heterocycles. The molecule has 114 valence electrons. The molecule has 7 heteroatoms. The molecule has 0 aliphatic heterocycles. The van der Waals surface area contributed by atoms with Gasteiger partial charge in [-0.05, 0) is 31.4 Å². The maximum Gasteiger partial charge on any atom is 0.319 e. The first-order chi connectivity index (χ1) is 9.94. The summed E-state index contributed by atoms with van der Waals surface area (Å²) in [5.41, 5.74) is 0.00981. The van der Waals surface area contributed by atoms with Crippen LogP contribution in [-0.2, 0) is 4.79 Å². The first-order valence-electron chi connectivity index (χ1n) is 6.70. The third-order valence-electron chi connectivity index (χ3n) is 3.48. The molecule has 21 heavy (non-hydrogen) atoms. The molecule has 1 aromatic carbocycles. The van der Waals surface area contributed by atoms with E-state index in [4.69, 9.17) is 5.11 Å². The van der Waals surface area contributed by atoms with Crippen LogP contribution in [0, 0.1) is 17.6 Å². The maximum absolute atomic E-state index is 13.0. The van der Waals surface area contributed by atoms with Gasteiger partial charge in [0, 0.05) is 17.8 Å². The summed E-state index contributed by atoms with van der Waals surface area (Å²) < 4.78 is 26.0. The van der Waals surface area contributed by atoms with Gasteiger partial charge in [0.1, 0.15) is 11.6 Å². The lowest BCUT2D eigenvalue weighted by Gasteiger charge is -2.27. The van der Waals surface area contributed by atoms with Crippen molar-refractivity contribution in [2.75, 3.05) is 5.32 Å². The maximum atomic E-state index is 13.0. The summed E-state index contributed by atoms with van der Waals surface area (Å²) in [6.07, 6.45) is 2.37. The Kier molecular flexibility index (Phi) is 4.72. The molecular weight excluding hydrogens is 282 g/mol. The average Bonchev–Trinajstić information content (AvgIpc) is 2.37. The van der Waals surface area contributed by atoms with Crippen LogP contribution in [0.15, 0.2) is 18.2 Å². The number of rotatable bonds is 3. The number of aliphatic carboxylic acids is 1. The fraction of sp³-hybridized carbons (Fsp3) is 0.429. The normalized spacial score (nSPS) is 21.6. The Morgan fingerprint density at radius 2 is 1.81 bits per heavy atom. The third-order valence-corrected chi connectivity index (χ3v) is 3.48. The predicted molar refractivity (Wildman–Crippen MR) is 71.9 cm³/mol. The molecule has 2 unspecified atom stereocenters. The van der Waals surface area contributed by atoms with E-state index in [1.807, 2.05) is 0 Å². The van der Waals surface area contributed by atoms with Gasteiger partial charge < -0.3 is 15.7 Å². The zero-order chi connectivity index (χ0) is 15.4. The number of carbonyl (C=O) groups excluding carboxylic acids is 1. The molecule has 0 aromatic heterocycles. The molecule has 1 saturated carbocycles. The van der Waals surface area contributed by atoms with E-state index < -0.39 is 29.6 Å². The largest absolute Gasteiger partial charge is 0.481 e. The molecule has 1 aliphatic rings. The number of benzene rings is 1. The Balaban J connectivity index is 1.90. The van der Waals surface area contributed by atoms with Crippen molar-refractivity contribution in [1.82, 2.24) is 5.32 Å². The average molecular weight is 298 g/mol. The van der Waals surface area contributed by atoms with E-state index in [2.05, 4.69) is 10.6 Å². The minimum atomic E-state index is -0.867. The third kappa shape index (κ3) is 4.40. The van der Waals surface area contributed by atoms with E-state index in [1.165, 1.54) is 0 Å². The molecule has 0 bridgehead atoms. The van der Waals surface area contributed by atoms with E-state index in [0.29, 0.717) is 25.3 Å². The summed E-state index contributed by atoms with van der Waals surface area (Å²) in [5.74, 6) is -2.90. The molecular formula is C14H16F2N2O3. The molecule has 5 nitrogen and oxygen atoms in total. The second kappa shape index (κ2) is 6.51. The molecule has 1 aromatic rings. The number of carboxylic acids is 1. The predicted octanol–water partition coefficient (Wildman–Crippen LogP) is 2.73. The van der Waals surface area contributed by atoms with E-state index >= 15 is 0 Å². The second-order valence-electron chi connectivity index (χ2n) is 5.16. The van der Waals surface area contributed by atoms with Crippen molar-refractivity contribution >= 4 is 17.7 Å². The van der Waals surface area contributed by atoms with Gasteiger partial charge in [-0.25, -0.2) is 13.6 Å². The highest BCUT2D eigenvalue weighted by molar-refractivity contribution is 5.89. The standard InChI is InChI=1S/C14H16F2N2O3/c15-9-5-10(16)7-12(6-9)18-14(21)17-11-3-1-2-8(4-11)13(19)20/h5-8,11H,1-4H2,(H,19,20)(H2,17,18,21). The minimum Gasteiger partial charge on any atom is -0.481 e.